The highest BCUT2D eigenvalue weighted by Crippen LogP contribution is 2.35. The largest absolute Gasteiger partial charge is 0.335 e. The summed E-state index contributed by atoms with van der Waals surface area (Å²) >= 11 is 0. The molecule has 0 radical (unpaired) electrons. The third-order valence-electron chi connectivity index (χ3n) is 3.65. The number of amides is 1. The van der Waals surface area contributed by atoms with Gasteiger partial charge in [0.1, 0.15) is 5.82 Å². The first-order valence-electron chi connectivity index (χ1n) is 6.81. The zero-order valence-electron chi connectivity index (χ0n) is 11.5. The molecule has 104 valence electrons. The summed E-state index contributed by atoms with van der Waals surface area (Å²) in [5, 5.41) is 2.99. The van der Waals surface area contributed by atoms with E-state index in [4.69, 9.17) is 0 Å². The molecular weight excluding hydrogens is 243 g/mol. The summed E-state index contributed by atoms with van der Waals surface area (Å²) in [6.07, 6.45) is 1.41. The molecule has 2 unspecified atom stereocenters. The van der Waals surface area contributed by atoms with Gasteiger partial charge in [-0.15, -0.1) is 0 Å². The van der Waals surface area contributed by atoms with Crippen LogP contribution >= 0.6 is 0 Å². The van der Waals surface area contributed by atoms with Crippen molar-refractivity contribution < 1.29 is 9.18 Å². The summed E-state index contributed by atoms with van der Waals surface area (Å²) in [6, 6.07) is 6.62. The highest BCUT2D eigenvalue weighted by atomic mass is 19.1. The van der Waals surface area contributed by atoms with Gasteiger partial charge in [-0.1, -0.05) is 19.1 Å². The summed E-state index contributed by atoms with van der Waals surface area (Å²) in [6.45, 7) is 3.58. The van der Waals surface area contributed by atoms with E-state index in [1.807, 2.05) is 18.0 Å². The van der Waals surface area contributed by atoms with Crippen molar-refractivity contribution in [1.29, 1.82) is 0 Å². The van der Waals surface area contributed by atoms with Crippen molar-refractivity contribution in [3.8, 4) is 0 Å². The molecule has 0 spiro atoms. The summed E-state index contributed by atoms with van der Waals surface area (Å²) in [4.78, 5) is 14.1. The van der Waals surface area contributed by atoms with Crippen LogP contribution in [0.15, 0.2) is 24.3 Å². The lowest BCUT2D eigenvalue weighted by Gasteiger charge is -2.25. The molecule has 0 aromatic heterocycles. The molecule has 4 heteroatoms. The van der Waals surface area contributed by atoms with E-state index in [1.165, 1.54) is 6.07 Å². The number of hydrogen-bond acceptors (Lipinski definition) is 2. The fourth-order valence-electron chi connectivity index (χ4n) is 2.73. The van der Waals surface area contributed by atoms with E-state index in [-0.39, 0.29) is 17.8 Å². The van der Waals surface area contributed by atoms with Gasteiger partial charge in [0.2, 0.25) is 5.91 Å². The molecule has 0 aliphatic carbocycles. The van der Waals surface area contributed by atoms with Gasteiger partial charge >= 0.3 is 0 Å². The van der Waals surface area contributed by atoms with Crippen LogP contribution in [0.2, 0.25) is 0 Å². The second-order valence-corrected chi connectivity index (χ2v) is 5.31. The summed E-state index contributed by atoms with van der Waals surface area (Å²) in [5.41, 5.74) is 0.905. The van der Waals surface area contributed by atoms with E-state index < -0.39 is 0 Å². The maximum absolute atomic E-state index is 13.3. The van der Waals surface area contributed by atoms with Crippen molar-refractivity contribution in [2.45, 2.75) is 25.8 Å². The van der Waals surface area contributed by atoms with E-state index >= 15 is 0 Å². The summed E-state index contributed by atoms with van der Waals surface area (Å²) in [5.74, 6) is 0.374. The minimum Gasteiger partial charge on any atom is -0.335 e. The molecule has 0 saturated carbocycles. The number of halogens is 1. The number of rotatable bonds is 4. The number of nitrogens with zero attached hydrogens (tertiary/aromatic N) is 1. The smallest absolute Gasteiger partial charge is 0.224 e. The Morgan fingerprint density at radius 3 is 3.00 bits per heavy atom. The van der Waals surface area contributed by atoms with Crippen LogP contribution < -0.4 is 5.32 Å². The second kappa shape index (κ2) is 6.15. The molecule has 3 nitrogen and oxygen atoms in total. The van der Waals surface area contributed by atoms with E-state index in [0.717, 1.165) is 18.5 Å². The topological polar surface area (TPSA) is 32.3 Å². The number of benzene rings is 1. The lowest BCUT2D eigenvalue weighted by Crippen LogP contribution is -2.32. The standard InChI is InChI=1S/C15H21FN2O/c1-11-8-14(12-4-3-5-13(16)9-12)18(10-11)15(19)6-7-17-2/h3-5,9,11,14,17H,6-8,10H2,1-2H3. The first-order chi connectivity index (χ1) is 9.11. The maximum Gasteiger partial charge on any atom is 0.224 e. The molecule has 1 aliphatic heterocycles. The van der Waals surface area contributed by atoms with E-state index in [1.54, 1.807) is 12.1 Å². The van der Waals surface area contributed by atoms with Gasteiger partial charge in [-0.3, -0.25) is 4.79 Å². The second-order valence-electron chi connectivity index (χ2n) is 5.31. The molecule has 0 bridgehead atoms. The van der Waals surface area contributed by atoms with Crippen LogP contribution in [0.4, 0.5) is 4.39 Å². The first-order valence-corrected chi connectivity index (χ1v) is 6.81. The van der Waals surface area contributed by atoms with Crippen molar-refractivity contribution in [2.24, 2.45) is 5.92 Å². The van der Waals surface area contributed by atoms with Crippen molar-refractivity contribution in [3.05, 3.63) is 35.6 Å². The minimum absolute atomic E-state index is 0.0232. The Bertz CT molecular complexity index is 450. The monoisotopic (exact) mass is 264 g/mol. The predicted octanol–water partition coefficient (Wildman–Crippen LogP) is 2.34. The Hall–Kier alpha value is -1.42. The Labute approximate surface area is 113 Å². The molecule has 1 saturated heterocycles. The van der Waals surface area contributed by atoms with Gasteiger partial charge in [-0.25, -0.2) is 4.39 Å². The zero-order chi connectivity index (χ0) is 13.8. The van der Waals surface area contributed by atoms with Gasteiger partial charge < -0.3 is 10.2 Å². The summed E-state index contributed by atoms with van der Waals surface area (Å²) in [7, 11) is 1.84. The average Bonchev–Trinajstić information content (AvgIpc) is 2.78. The molecule has 2 rings (SSSR count). The third kappa shape index (κ3) is 3.32. The van der Waals surface area contributed by atoms with E-state index in [9.17, 15) is 9.18 Å². The average molecular weight is 264 g/mol. The maximum atomic E-state index is 13.3. The van der Waals surface area contributed by atoms with Gasteiger partial charge in [-0.2, -0.15) is 0 Å². The molecule has 19 heavy (non-hydrogen) atoms. The Morgan fingerprint density at radius 1 is 1.53 bits per heavy atom. The van der Waals surface area contributed by atoms with Crippen LogP contribution in [0.3, 0.4) is 0 Å². The van der Waals surface area contributed by atoms with Gasteiger partial charge in [-0.05, 0) is 37.1 Å². The molecule has 1 heterocycles. The van der Waals surface area contributed by atoms with Crippen molar-refractivity contribution in [3.63, 3.8) is 0 Å². The van der Waals surface area contributed by atoms with Crippen LogP contribution in [-0.4, -0.2) is 30.9 Å². The quantitative estimate of drug-likeness (QED) is 0.905. The number of carbonyl (C=O) groups excluding carboxylic acids is 1. The Balaban J connectivity index is 2.15. The zero-order valence-corrected chi connectivity index (χ0v) is 11.5. The molecule has 2 atom stereocenters. The Kier molecular flexibility index (Phi) is 4.53. The molecule has 1 aromatic carbocycles. The fraction of sp³-hybridized carbons (Fsp3) is 0.533. The minimum atomic E-state index is -0.236. The van der Waals surface area contributed by atoms with Gasteiger partial charge in [0.25, 0.3) is 0 Å². The van der Waals surface area contributed by atoms with Crippen LogP contribution in [-0.2, 0) is 4.79 Å². The van der Waals surface area contributed by atoms with Crippen molar-refractivity contribution in [2.75, 3.05) is 20.1 Å². The molecule has 1 aromatic rings. The normalized spacial score (nSPS) is 22.8. The van der Waals surface area contributed by atoms with Crippen LogP contribution in [0.1, 0.15) is 31.4 Å². The highest BCUT2D eigenvalue weighted by molar-refractivity contribution is 5.77. The highest BCUT2D eigenvalue weighted by Gasteiger charge is 2.33. The lowest BCUT2D eigenvalue weighted by atomic mass is 10.0. The SMILES string of the molecule is CNCCC(=O)N1CC(C)CC1c1cccc(F)c1. The molecule has 1 aliphatic rings. The van der Waals surface area contributed by atoms with Crippen LogP contribution in [0, 0.1) is 11.7 Å². The van der Waals surface area contributed by atoms with Crippen LogP contribution in [0.5, 0.6) is 0 Å². The van der Waals surface area contributed by atoms with Crippen molar-refractivity contribution >= 4 is 5.91 Å². The lowest BCUT2D eigenvalue weighted by molar-refractivity contribution is -0.132. The van der Waals surface area contributed by atoms with Gasteiger partial charge in [0.05, 0.1) is 6.04 Å². The molecule has 1 N–H and O–H groups in total. The molecule has 1 amide bonds. The number of hydrogen-bond donors (Lipinski definition) is 1. The third-order valence-corrected chi connectivity index (χ3v) is 3.65. The molecule has 1 fully saturated rings. The Morgan fingerprint density at radius 2 is 2.32 bits per heavy atom. The number of carbonyl (C=O) groups is 1. The van der Waals surface area contributed by atoms with Crippen LogP contribution in [0.25, 0.3) is 0 Å². The van der Waals surface area contributed by atoms with Gasteiger partial charge in [0.15, 0.2) is 0 Å². The van der Waals surface area contributed by atoms with E-state index in [0.29, 0.717) is 18.9 Å². The number of nitrogens with one attached hydrogen (secondary N) is 1. The number of likely N-dealkylation sites (tertiary alicyclic amines) is 1. The van der Waals surface area contributed by atoms with Crippen molar-refractivity contribution in [1.82, 2.24) is 10.2 Å². The first kappa shape index (κ1) is 14.0. The molecular formula is C15H21FN2O. The summed E-state index contributed by atoms with van der Waals surface area (Å²) < 4.78 is 13.3. The van der Waals surface area contributed by atoms with Gasteiger partial charge in [0, 0.05) is 19.5 Å². The fourth-order valence-corrected chi connectivity index (χ4v) is 2.73. The predicted molar refractivity (Wildman–Crippen MR) is 73.2 cm³/mol. The van der Waals surface area contributed by atoms with E-state index in [2.05, 4.69) is 12.2 Å².